The molecule has 2 N–H and O–H groups in total. The Morgan fingerprint density at radius 3 is 2.48 bits per heavy atom. The third-order valence-electron chi connectivity index (χ3n) is 5.18. The van der Waals surface area contributed by atoms with Crippen molar-refractivity contribution < 1.29 is 9.47 Å². The Hall–Kier alpha value is -0.120. The van der Waals surface area contributed by atoms with E-state index in [9.17, 15) is 0 Å². The van der Waals surface area contributed by atoms with Crippen molar-refractivity contribution in [3.05, 3.63) is 0 Å². The van der Waals surface area contributed by atoms with E-state index in [1.165, 1.54) is 6.42 Å². The molecule has 3 nitrogen and oxygen atoms in total. The van der Waals surface area contributed by atoms with Crippen molar-refractivity contribution in [1.29, 1.82) is 0 Å². The molecule has 0 amide bonds. The van der Waals surface area contributed by atoms with Crippen molar-refractivity contribution >= 4 is 0 Å². The van der Waals surface area contributed by atoms with Crippen LogP contribution < -0.4 is 5.73 Å². The minimum atomic E-state index is 0.0754. The van der Waals surface area contributed by atoms with Gasteiger partial charge < -0.3 is 15.2 Å². The summed E-state index contributed by atoms with van der Waals surface area (Å²) in [6.07, 6.45) is 6.77. The molecule has 2 aliphatic heterocycles. The minimum absolute atomic E-state index is 0.0754. The molecule has 3 atom stereocenters. The average molecular weight is 297 g/mol. The maximum absolute atomic E-state index is 6.57. The second kappa shape index (κ2) is 6.97. The van der Waals surface area contributed by atoms with Gasteiger partial charge in [0, 0.05) is 25.9 Å². The highest BCUT2D eigenvalue weighted by molar-refractivity contribution is 4.92. The fraction of sp³-hybridized carbons (Fsp3) is 1.00. The topological polar surface area (TPSA) is 44.5 Å². The van der Waals surface area contributed by atoms with Gasteiger partial charge in [-0.3, -0.25) is 0 Å². The Morgan fingerprint density at radius 2 is 1.86 bits per heavy atom. The molecule has 2 fully saturated rings. The Bertz CT molecular complexity index is 312. The summed E-state index contributed by atoms with van der Waals surface area (Å²) in [4.78, 5) is 0. The smallest absolute Gasteiger partial charge is 0.0729 e. The van der Waals surface area contributed by atoms with E-state index in [1.54, 1.807) is 0 Å². The van der Waals surface area contributed by atoms with E-state index in [0.717, 1.165) is 51.9 Å². The summed E-state index contributed by atoms with van der Waals surface area (Å²) >= 11 is 0. The highest BCUT2D eigenvalue weighted by Crippen LogP contribution is 2.39. The first kappa shape index (κ1) is 17.2. The first-order valence-electron chi connectivity index (χ1n) is 8.77. The van der Waals surface area contributed by atoms with E-state index in [-0.39, 0.29) is 5.60 Å². The molecule has 2 heterocycles. The number of nitrogens with two attached hydrogens (primary N) is 1. The molecule has 3 unspecified atom stereocenters. The van der Waals surface area contributed by atoms with Crippen LogP contribution in [0.3, 0.4) is 0 Å². The zero-order valence-electron chi connectivity index (χ0n) is 14.5. The first-order chi connectivity index (χ1) is 9.80. The van der Waals surface area contributed by atoms with Crippen LogP contribution in [0.25, 0.3) is 0 Å². The summed E-state index contributed by atoms with van der Waals surface area (Å²) in [7, 11) is 0. The lowest BCUT2D eigenvalue weighted by molar-refractivity contribution is -0.149. The van der Waals surface area contributed by atoms with Gasteiger partial charge in [0.15, 0.2) is 0 Å². The zero-order valence-corrected chi connectivity index (χ0v) is 14.5. The SMILES string of the molecule is CC(CC(N)C1CCOC2(CCOCC2)C1)CC(C)(C)C. The molecule has 2 rings (SSSR count). The molecule has 0 saturated carbocycles. The lowest BCUT2D eigenvalue weighted by Gasteiger charge is -2.45. The van der Waals surface area contributed by atoms with Gasteiger partial charge in [-0.15, -0.1) is 0 Å². The largest absolute Gasteiger partial charge is 0.381 e. The number of rotatable bonds is 4. The van der Waals surface area contributed by atoms with Gasteiger partial charge in [0.2, 0.25) is 0 Å². The molecule has 3 heteroatoms. The van der Waals surface area contributed by atoms with E-state index in [4.69, 9.17) is 15.2 Å². The molecular weight excluding hydrogens is 262 g/mol. The normalized spacial score (nSPS) is 29.3. The molecule has 2 aliphatic rings. The highest BCUT2D eigenvalue weighted by atomic mass is 16.5. The molecule has 1 spiro atoms. The summed E-state index contributed by atoms with van der Waals surface area (Å²) in [5.74, 6) is 1.33. The molecule has 0 aromatic carbocycles. The summed E-state index contributed by atoms with van der Waals surface area (Å²) in [6, 6.07) is 0.325. The summed E-state index contributed by atoms with van der Waals surface area (Å²) in [5, 5.41) is 0. The van der Waals surface area contributed by atoms with Crippen LogP contribution in [-0.2, 0) is 9.47 Å². The van der Waals surface area contributed by atoms with Crippen molar-refractivity contribution in [2.24, 2.45) is 23.0 Å². The van der Waals surface area contributed by atoms with Gasteiger partial charge in [0.05, 0.1) is 5.60 Å². The number of hydrogen-bond donors (Lipinski definition) is 1. The standard InChI is InChI=1S/C18H35NO2/c1-14(12-17(2,3)4)11-16(19)15-5-8-21-18(13-15)6-9-20-10-7-18/h14-16H,5-13,19H2,1-4H3. The van der Waals surface area contributed by atoms with Crippen molar-refractivity contribution in [2.45, 2.75) is 77.9 Å². The fourth-order valence-electron chi connectivity index (χ4n) is 4.31. The second-order valence-corrected chi connectivity index (χ2v) is 8.67. The van der Waals surface area contributed by atoms with E-state index in [2.05, 4.69) is 27.7 Å². The summed E-state index contributed by atoms with van der Waals surface area (Å²) < 4.78 is 11.6. The molecule has 0 bridgehead atoms. The van der Waals surface area contributed by atoms with Crippen LogP contribution in [-0.4, -0.2) is 31.5 Å². The molecule has 0 aromatic rings. The Morgan fingerprint density at radius 1 is 1.19 bits per heavy atom. The van der Waals surface area contributed by atoms with Crippen LogP contribution in [0.4, 0.5) is 0 Å². The molecular formula is C18H35NO2. The first-order valence-corrected chi connectivity index (χ1v) is 8.77. The summed E-state index contributed by atoms with van der Waals surface area (Å²) in [5.41, 5.74) is 7.05. The van der Waals surface area contributed by atoms with Gasteiger partial charge in [0.25, 0.3) is 0 Å². The van der Waals surface area contributed by atoms with Gasteiger partial charge >= 0.3 is 0 Å². The number of ether oxygens (including phenoxy) is 2. The van der Waals surface area contributed by atoms with Crippen LogP contribution in [0.5, 0.6) is 0 Å². The van der Waals surface area contributed by atoms with E-state index < -0.39 is 0 Å². The van der Waals surface area contributed by atoms with E-state index in [0.29, 0.717) is 23.3 Å². The van der Waals surface area contributed by atoms with Crippen molar-refractivity contribution in [3.63, 3.8) is 0 Å². The lowest BCUT2D eigenvalue weighted by atomic mass is 9.75. The Labute approximate surface area is 130 Å². The monoisotopic (exact) mass is 297 g/mol. The number of hydrogen-bond acceptors (Lipinski definition) is 3. The molecule has 21 heavy (non-hydrogen) atoms. The molecule has 0 radical (unpaired) electrons. The maximum atomic E-state index is 6.57. The Kier molecular flexibility index (Phi) is 5.72. The van der Waals surface area contributed by atoms with Crippen LogP contribution in [0, 0.1) is 17.3 Å². The molecule has 0 aromatic heterocycles. The van der Waals surface area contributed by atoms with Crippen LogP contribution in [0.15, 0.2) is 0 Å². The predicted octanol–water partition coefficient (Wildman–Crippen LogP) is 3.75. The van der Waals surface area contributed by atoms with Crippen LogP contribution in [0.1, 0.15) is 66.2 Å². The lowest BCUT2D eigenvalue weighted by Crippen LogP contribution is -2.48. The van der Waals surface area contributed by atoms with Crippen LogP contribution in [0.2, 0.25) is 0 Å². The maximum Gasteiger partial charge on any atom is 0.0729 e. The molecule has 124 valence electrons. The third kappa shape index (κ3) is 5.22. The van der Waals surface area contributed by atoms with Crippen LogP contribution >= 0.6 is 0 Å². The van der Waals surface area contributed by atoms with Crippen molar-refractivity contribution in [2.75, 3.05) is 19.8 Å². The summed E-state index contributed by atoms with van der Waals surface area (Å²) in [6.45, 7) is 11.9. The van der Waals surface area contributed by atoms with Gasteiger partial charge in [-0.25, -0.2) is 0 Å². The van der Waals surface area contributed by atoms with Gasteiger partial charge in [-0.1, -0.05) is 27.7 Å². The third-order valence-corrected chi connectivity index (χ3v) is 5.18. The van der Waals surface area contributed by atoms with Gasteiger partial charge in [0.1, 0.15) is 0 Å². The quantitative estimate of drug-likeness (QED) is 0.859. The highest BCUT2D eigenvalue weighted by Gasteiger charge is 2.40. The average Bonchev–Trinajstić information content (AvgIpc) is 2.37. The predicted molar refractivity (Wildman–Crippen MR) is 87.3 cm³/mol. The van der Waals surface area contributed by atoms with E-state index >= 15 is 0 Å². The van der Waals surface area contributed by atoms with E-state index in [1.807, 2.05) is 0 Å². The molecule has 2 saturated heterocycles. The minimum Gasteiger partial charge on any atom is -0.381 e. The van der Waals surface area contributed by atoms with Gasteiger partial charge in [-0.2, -0.15) is 0 Å². The molecule has 0 aliphatic carbocycles. The van der Waals surface area contributed by atoms with Crippen molar-refractivity contribution in [1.82, 2.24) is 0 Å². The second-order valence-electron chi connectivity index (χ2n) is 8.67. The fourth-order valence-corrected chi connectivity index (χ4v) is 4.31. The zero-order chi connectivity index (χ0) is 15.5. The van der Waals surface area contributed by atoms with Crippen molar-refractivity contribution in [3.8, 4) is 0 Å². The van der Waals surface area contributed by atoms with Gasteiger partial charge in [-0.05, 0) is 55.8 Å². The Balaban J connectivity index is 1.85.